The quantitative estimate of drug-likeness (QED) is 0.625. The van der Waals surface area contributed by atoms with Crippen LogP contribution in [0.1, 0.15) is 5.56 Å². The minimum atomic E-state index is 0.0237. The van der Waals surface area contributed by atoms with Crippen LogP contribution in [-0.2, 0) is 11.3 Å². The van der Waals surface area contributed by atoms with Crippen LogP contribution in [0.3, 0.4) is 0 Å². The number of rotatable bonds is 5. The van der Waals surface area contributed by atoms with E-state index in [1.165, 1.54) is 0 Å². The first-order chi connectivity index (χ1) is 6.79. The lowest BCUT2D eigenvalue weighted by molar-refractivity contribution is 0.218. The van der Waals surface area contributed by atoms with Gasteiger partial charge < -0.3 is 9.84 Å². The summed E-state index contributed by atoms with van der Waals surface area (Å²) in [6, 6.07) is 5.55. The molecule has 0 saturated carbocycles. The number of benzene rings is 1. The van der Waals surface area contributed by atoms with Crippen molar-refractivity contribution in [2.24, 2.45) is 0 Å². The normalized spacial score (nSPS) is 10.5. The van der Waals surface area contributed by atoms with Crippen molar-refractivity contribution < 1.29 is 9.84 Å². The first-order valence-corrected chi connectivity index (χ1v) is 5.66. The number of halogens is 1. The number of aliphatic hydroxyl groups is 1. The van der Waals surface area contributed by atoms with E-state index >= 15 is 0 Å². The van der Waals surface area contributed by atoms with Crippen molar-refractivity contribution in [3.63, 3.8) is 0 Å². The molecule has 4 heteroatoms. The van der Waals surface area contributed by atoms with Crippen molar-refractivity contribution in [2.75, 3.05) is 19.5 Å². The van der Waals surface area contributed by atoms with Gasteiger partial charge in [0.15, 0.2) is 0 Å². The highest BCUT2D eigenvalue weighted by Gasteiger charge is 2.06. The van der Waals surface area contributed by atoms with Gasteiger partial charge >= 0.3 is 0 Å². The topological polar surface area (TPSA) is 29.5 Å². The van der Waals surface area contributed by atoms with E-state index in [1.807, 2.05) is 18.2 Å². The maximum absolute atomic E-state index is 9.10. The molecule has 0 aliphatic heterocycles. The third-order valence-electron chi connectivity index (χ3n) is 1.75. The Morgan fingerprint density at radius 3 is 2.93 bits per heavy atom. The van der Waals surface area contributed by atoms with Gasteiger partial charge in [0.2, 0.25) is 0 Å². The van der Waals surface area contributed by atoms with Crippen LogP contribution >= 0.6 is 23.4 Å². The maximum atomic E-state index is 9.10. The smallest absolute Gasteiger partial charge is 0.0693 e. The summed E-state index contributed by atoms with van der Waals surface area (Å²) in [6.07, 6.45) is 0. The lowest BCUT2D eigenvalue weighted by Gasteiger charge is -2.08. The molecule has 0 heterocycles. The molecule has 0 aromatic heterocycles. The first-order valence-electron chi connectivity index (χ1n) is 4.29. The van der Waals surface area contributed by atoms with Crippen molar-refractivity contribution in [3.8, 4) is 0 Å². The summed E-state index contributed by atoms with van der Waals surface area (Å²) < 4.78 is 4.95. The molecule has 0 aliphatic rings. The number of hydrogen-bond acceptors (Lipinski definition) is 3. The third kappa shape index (κ3) is 3.17. The highest BCUT2D eigenvalue weighted by atomic mass is 35.5. The summed E-state index contributed by atoms with van der Waals surface area (Å²) in [4.78, 5) is 0.953. The average Bonchev–Trinajstić information content (AvgIpc) is 2.20. The van der Waals surface area contributed by atoms with Gasteiger partial charge in [0.1, 0.15) is 0 Å². The van der Waals surface area contributed by atoms with Gasteiger partial charge in [0.25, 0.3) is 0 Å². The molecule has 1 rings (SSSR count). The van der Waals surface area contributed by atoms with Gasteiger partial charge in [-0.15, -0.1) is 11.8 Å². The molecular weight excluding hydrogens is 220 g/mol. The zero-order valence-corrected chi connectivity index (χ0v) is 9.57. The molecule has 78 valence electrons. The van der Waals surface area contributed by atoms with Crippen molar-refractivity contribution in [2.45, 2.75) is 11.5 Å². The van der Waals surface area contributed by atoms with Crippen LogP contribution in [0.4, 0.5) is 0 Å². The Hall–Kier alpha value is -0.220. The van der Waals surface area contributed by atoms with Crippen LogP contribution in [0, 0.1) is 0 Å². The van der Waals surface area contributed by atoms with Crippen LogP contribution in [0.2, 0.25) is 5.02 Å². The molecule has 0 atom stereocenters. The van der Waals surface area contributed by atoms with Crippen molar-refractivity contribution in [1.29, 1.82) is 0 Å². The molecule has 0 radical (unpaired) electrons. The van der Waals surface area contributed by atoms with Crippen LogP contribution in [-0.4, -0.2) is 24.6 Å². The zero-order valence-electron chi connectivity index (χ0n) is 8.00. The van der Waals surface area contributed by atoms with E-state index in [-0.39, 0.29) is 6.61 Å². The Balaban J connectivity index is 2.72. The van der Waals surface area contributed by atoms with E-state index in [9.17, 15) is 0 Å². The van der Waals surface area contributed by atoms with Crippen LogP contribution < -0.4 is 0 Å². The second-order valence-electron chi connectivity index (χ2n) is 2.73. The van der Waals surface area contributed by atoms with Gasteiger partial charge in [0.05, 0.1) is 18.2 Å². The number of aliphatic hydroxyl groups excluding tert-OH is 1. The molecule has 0 unspecified atom stereocenters. The van der Waals surface area contributed by atoms with E-state index in [0.717, 1.165) is 16.2 Å². The molecule has 0 amide bonds. The Labute approximate surface area is 93.2 Å². The molecule has 14 heavy (non-hydrogen) atoms. The highest BCUT2D eigenvalue weighted by molar-refractivity contribution is 7.99. The van der Waals surface area contributed by atoms with Gasteiger partial charge in [-0.05, 0) is 11.6 Å². The van der Waals surface area contributed by atoms with E-state index in [2.05, 4.69) is 0 Å². The Bertz CT molecular complexity index is 291. The van der Waals surface area contributed by atoms with Crippen LogP contribution in [0.5, 0.6) is 0 Å². The summed E-state index contributed by atoms with van der Waals surface area (Å²) in [5.74, 6) is 0.841. The molecule has 0 spiro atoms. The largest absolute Gasteiger partial charge is 0.392 e. The summed E-state index contributed by atoms with van der Waals surface area (Å²) in [7, 11) is 1.67. The summed E-state index contributed by atoms with van der Waals surface area (Å²) in [5.41, 5.74) is 0.874. The molecular formula is C10H13ClO2S. The minimum absolute atomic E-state index is 0.0237. The molecule has 1 aromatic carbocycles. The molecule has 2 nitrogen and oxygen atoms in total. The number of methoxy groups -OCH3 is 1. The molecule has 0 bridgehead atoms. The maximum Gasteiger partial charge on any atom is 0.0693 e. The summed E-state index contributed by atoms with van der Waals surface area (Å²) in [6.45, 7) is 0.705. The predicted octanol–water partition coefficient (Wildman–Crippen LogP) is 2.57. The molecule has 0 saturated heterocycles. The Morgan fingerprint density at radius 2 is 2.29 bits per heavy atom. The monoisotopic (exact) mass is 232 g/mol. The fraction of sp³-hybridized carbons (Fsp3) is 0.400. The van der Waals surface area contributed by atoms with E-state index in [4.69, 9.17) is 21.4 Å². The average molecular weight is 233 g/mol. The van der Waals surface area contributed by atoms with Crippen molar-refractivity contribution in [3.05, 3.63) is 28.8 Å². The van der Waals surface area contributed by atoms with Crippen molar-refractivity contribution >= 4 is 23.4 Å². The van der Waals surface area contributed by atoms with Gasteiger partial charge in [-0.3, -0.25) is 0 Å². The number of ether oxygens (including phenoxy) is 1. The standard InChI is InChI=1S/C10H13ClO2S/c1-13-5-6-14-10-8(7-12)3-2-4-9(10)11/h2-4,12H,5-7H2,1H3. The first kappa shape index (κ1) is 11.9. The van der Waals surface area contributed by atoms with Crippen LogP contribution in [0.25, 0.3) is 0 Å². The molecule has 1 N–H and O–H groups in total. The van der Waals surface area contributed by atoms with Gasteiger partial charge in [0, 0.05) is 17.8 Å². The number of thioether (sulfide) groups is 1. The SMILES string of the molecule is COCCSc1c(Cl)cccc1CO. The van der Waals surface area contributed by atoms with E-state index in [0.29, 0.717) is 11.6 Å². The lowest BCUT2D eigenvalue weighted by atomic mass is 10.2. The van der Waals surface area contributed by atoms with Crippen LogP contribution in [0.15, 0.2) is 23.1 Å². The molecule has 0 aliphatic carbocycles. The minimum Gasteiger partial charge on any atom is -0.392 e. The van der Waals surface area contributed by atoms with E-state index in [1.54, 1.807) is 18.9 Å². The van der Waals surface area contributed by atoms with Gasteiger partial charge in [-0.2, -0.15) is 0 Å². The molecule has 0 fully saturated rings. The zero-order chi connectivity index (χ0) is 10.4. The fourth-order valence-electron chi connectivity index (χ4n) is 1.07. The van der Waals surface area contributed by atoms with Crippen molar-refractivity contribution in [1.82, 2.24) is 0 Å². The predicted molar refractivity (Wildman–Crippen MR) is 60.0 cm³/mol. The summed E-state index contributed by atoms with van der Waals surface area (Å²) >= 11 is 7.62. The Morgan fingerprint density at radius 1 is 1.50 bits per heavy atom. The number of hydrogen-bond donors (Lipinski definition) is 1. The van der Waals surface area contributed by atoms with Gasteiger partial charge in [-0.25, -0.2) is 0 Å². The Kier molecular flexibility index (Phi) is 5.33. The lowest BCUT2D eigenvalue weighted by Crippen LogP contribution is -1.94. The van der Waals surface area contributed by atoms with Gasteiger partial charge in [-0.1, -0.05) is 23.7 Å². The molecule has 1 aromatic rings. The third-order valence-corrected chi connectivity index (χ3v) is 3.32. The second kappa shape index (κ2) is 6.30. The fourth-order valence-corrected chi connectivity index (χ4v) is 2.40. The second-order valence-corrected chi connectivity index (χ2v) is 4.24. The summed E-state index contributed by atoms with van der Waals surface area (Å²) in [5, 5.41) is 9.79. The van der Waals surface area contributed by atoms with E-state index < -0.39 is 0 Å². The highest BCUT2D eigenvalue weighted by Crippen LogP contribution is 2.30.